The van der Waals surface area contributed by atoms with E-state index in [0.717, 1.165) is 27.8 Å². The average molecular weight is 367 g/mol. The molecule has 0 aliphatic carbocycles. The molecule has 1 unspecified atom stereocenters. The lowest BCUT2D eigenvalue weighted by Gasteiger charge is -2.29. The van der Waals surface area contributed by atoms with Gasteiger partial charge in [-0.1, -0.05) is 59.2 Å². The zero-order valence-electron chi connectivity index (χ0n) is 17.0. The predicted molar refractivity (Wildman–Crippen MR) is 109 cm³/mol. The second kappa shape index (κ2) is 9.36. The van der Waals surface area contributed by atoms with Gasteiger partial charge in [-0.25, -0.2) is 0 Å². The van der Waals surface area contributed by atoms with Gasteiger partial charge < -0.3 is 10.2 Å². The summed E-state index contributed by atoms with van der Waals surface area (Å²) >= 11 is 0. The number of amides is 2. The van der Waals surface area contributed by atoms with Gasteiger partial charge in [-0.05, 0) is 45.7 Å². The van der Waals surface area contributed by atoms with Crippen molar-refractivity contribution < 1.29 is 9.59 Å². The predicted octanol–water partition coefficient (Wildman–Crippen LogP) is 3.71. The first-order chi connectivity index (χ1) is 12.8. The summed E-state index contributed by atoms with van der Waals surface area (Å²) in [7, 11) is 0. The second-order valence-electron chi connectivity index (χ2n) is 7.25. The monoisotopic (exact) mass is 366 g/mol. The number of hydrogen-bond acceptors (Lipinski definition) is 2. The van der Waals surface area contributed by atoms with Crippen LogP contribution in [-0.2, 0) is 22.6 Å². The van der Waals surface area contributed by atoms with Crippen LogP contribution >= 0.6 is 0 Å². The molecule has 0 radical (unpaired) electrons. The van der Waals surface area contributed by atoms with E-state index in [0.29, 0.717) is 13.1 Å². The van der Waals surface area contributed by atoms with E-state index in [1.165, 1.54) is 0 Å². The molecule has 0 fully saturated rings. The molecule has 2 rings (SSSR count). The maximum Gasteiger partial charge on any atom is 0.242 e. The van der Waals surface area contributed by atoms with Crippen LogP contribution in [0.3, 0.4) is 0 Å². The number of carbonyl (C=O) groups excluding carboxylic acids is 2. The smallest absolute Gasteiger partial charge is 0.242 e. The molecule has 1 N–H and O–H groups in total. The van der Waals surface area contributed by atoms with Gasteiger partial charge in [-0.3, -0.25) is 9.59 Å². The Kier molecular flexibility index (Phi) is 7.17. The van der Waals surface area contributed by atoms with E-state index in [2.05, 4.69) is 17.4 Å². The Morgan fingerprint density at radius 1 is 0.963 bits per heavy atom. The topological polar surface area (TPSA) is 49.4 Å². The third kappa shape index (κ3) is 5.95. The molecular formula is C23H30N2O2. The Labute approximate surface area is 162 Å². The molecule has 0 aliphatic rings. The van der Waals surface area contributed by atoms with Crippen molar-refractivity contribution in [2.45, 2.75) is 53.6 Å². The first-order valence-corrected chi connectivity index (χ1v) is 9.50. The lowest BCUT2D eigenvalue weighted by molar-refractivity contribution is -0.140. The number of nitrogens with zero attached hydrogens (tertiary/aromatic N) is 1. The summed E-state index contributed by atoms with van der Waals surface area (Å²) in [4.78, 5) is 27.2. The fourth-order valence-corrected chi connectivity index (χ4v) is 3.36. The fourth-order valence-electron chi connectivity index (χ4n) is 3.36. The minimum atomic E-state index is -0.524. The molecule has 0 saturated heterocycles. The molecule has 0 spiro atoms. The van der Waals surface area contributed by atoms with Crippen molar-refractivity contribution in [1.29, 1.82) is 0 Å². The highest BCUT2D eigenvalue weighted by atomic mass is 16.2. The average Bonchev–Trinajstić information content (AvgIpc) is 2.58. The highest BCUT2D eigenvalue weighted by molar-refractivity contribution is 5.88. The van der Waals surface area contributed by atoms with Crippen molar-refractivity contribution in [3.8, 4) is 0 Å². The van der Waals surface area contributed by atoms with Gasteiger partial charge in [-0.2, -0.15) is 0 Å². The van der Waals surface area contributed by atoms with Gasteiger partial charge in [0.2, 0.25) is 11.8 Å². The van der Waals surface area contributed by atoms with E-state index in [4.69, 9.17) is 0 Å². The minimum Gasteiger partial charge on any atom is -0.355 e. The van der Waals surface area contributed by atoms with E-state index >= 15 is 0 Å². The van der Waals surface area contributed by atoms with Crippen molar-refractivity contribution >= 4 is 11.8 Å². The number of hydrogen-bond donors (Lipinski definition) is 1. The Hall–Kier alpha value is -2.62. The van der Waals surface area contributed by atoms with Crippen LogP contribution in [0.5, 0.6) is 0 Å². The van der Waals surface area contributed by atoms with Gasteiger partial charge >= 0.3 is 0 Å². The number of nitrogens with one attached hydrogen (secondary N) is 1. The first-order valence-electron chi connectivity index (χ1n) is 9.50. The largest absolute Gasteiger partial charge is 0.355 e. The summed E-state index contributed by atoms with van der Waals surface area (Å²) in [5, 5.41) is 2.83. The van der Waals surface area contributed by atoms with Crippen molar-refractivity contribution in [2.75, 3.05) is 6.54 Å². The number of rotatable bonds is 7. The quantitative estimate of drug-likeness (QED) is 0.812. The molecule has 2 aromatic rings. The zero-order chi connectivity index (χ0) is 20.0. The highest BCUT2D eigenvalue weighted by Crippen LogP contribution is 2.15. The van der Waals surface area contributed by atoms with Gasteiger partial charge in [0.1, 0.15) is 6.04 Å². The number of benzene rings is 2. The molecule has 2 amide bonds. The van der Waals surface area contributed by atoms with Crippen LogP contribution in [0.25, 0.3) is 0 Å². The Bertz CT molecular complexity index is 794. The molecule has 4 heteroatoms. The maximum absolute atomic E-state index is 13.1. The van der Waals surface area contributed by atoms with Gasteiger partial charge in [0.25, 0.3) is 0 Å². The van der Waals surface area contributed by atoms with Gasteiger partial charge in [0.15, 0.2) is 0 Å². The molecule has 0 saturated carbocycles. The molecule has 144 valence electrons. The van der Waals surface area contributed by atoms with Crippen molar-refractivity contribution in [3.05, 3.63) is 70.3 Å². The van der Waals surface area contributed by atoms with E-state index < -0.39 is 6.04 Å². The molecular weight excluding hydrogens is 336 g/mol. The molecule has 0 aliphatic heterocycles. The van der Waals surface area contributed by atoms with Crippen LogP contribution in [0.4, 0.5) is 0 Å². The second-order valence-corrected chi connectivity index (χ2v) is 7.25. The van der Waals surface area contributed by atoms with Crippen LogP contribution < -0.4 is 5.32 Å². The van der Waals surface area contributed by atoms with E-state index in [1.54, 1.807) is 11.8 Å². The third-order valence-electron chi connectivity index (χ3n) is 4.59. The summed E-state index contributed by atoms with van der Waals surface area (Å²) in [6, 6.07) is 13.7. The van der Waals surface area contributed by atoms with Gasteiger partial charge in [0, 0.05) is 13.1 Å². The van der Waals surface area contributed by atoms with Crippen LogP contribution in [0.1, 0.15) is 41.7 Å². The van der Waals surface area contributed by atoms with E-state index in [1.807, 2.05) is 58.0 Å². The minimum absolute atomic E-state index is 0.0414. The Balaban J connectivity index is 2.26. The lowest BCUT2D eigenvalue weighted by Crippen LogP contribution is -2.48. The normalized spacial score (nSPS) is 11.7. The summed E-state index contributed by atoms with van der Waals surface area (Å²) < 4.78 is 0. The van der Waals surface area contributed by atoms with Crippen molar-refractivity contribution in [3.63, 3.8) is 0 Å². The Morgan fingerprint density at radius 3 is 2.19 bits per heavy atom. The fraction of sp³-hybridized carbons (Fsp3) is 0.391. The lowest BCUT2D eigenvalue weighted by atomic mass is 10.0. The molecule has 4 nitrogen and oxygen atoms in total. The number of likely N-dealkylation sites (N-methyl/N-ethyl adjacent to an activating group) is 1. The van der Waals surface area contributed by atoms with Crippen LogP contribution in [0.2, 0.25) is 0 Å². The standard InChI is InChI=1S/C23H30N2O2/c1-6-24-23(27)19(5)25(15-20-9-7-8-16(2)11-20)22(26)14-21-12-17(3)10-18(4)13-21/h7-13,19H,6,14-15H2,1-5H3,(H,24,27). The highest BCUT2D eigenvalue weighted by Gasteiger charge is 2.26. The van der Waals surface area contributed by atoms with Crippen LogP contribution in [0.15, 0.2) is 42.5 Å². The maximum atomic E-state index is 13.1. The number of carbonyl (C=O) groups is 2. The van der Waals surface area contributed by atoms with E-state index in [-0.39, 0.29) is 18.2 Å². The zero-order valence-corrected chi connectivity index (χ0v) is 17.0. The molecule has 0 heterocycles. The van der Waals surface area contributed by atoms with Crippen LogP contribution in [0, 0.1) is 20.8 Å². The van der Waals surface area contributed by atoms with Crippen molar-refractivity contribution in [2.24, 2.45) is 0 Å². The SMILES string of the molecule is CCNC(=O)C(C)N(Cc1cccc(C)c1)C(=O)Cc1cc(C)cc(C)c1. The molecule has 0 bridgehead atoms. The van der Waals surface area contributed by atoms with Crippen LogP contribution in [-0.4, -0.2) is 29.3 Å². The molecule has 27 heavy (non-hydrogen) atoms. The summed E-state index contributed by atoms with van der Waals surface area (Å²) in [6.07, 6.45) is 0.290. The van der Waals surface area contributed by atoms with Gasteiger partial charge in [-0.15, -0.1) is 0 Å². The molecule has 0 aromatic heterocycles. The Morgan fingerprint density at radius 2 is 1.59 bits per heavy atom. The molecule has 2 aromatic carbocycles. The summed E-state index contributed by atoms with van der Waals surface area (Å²) in [5.74, 6) is -0.167. The van der Waals surface area contributed by atoms with E-state index in [9.17, 15) is 9.59 Å². The summed E-state index contributed by atoms with van der Waals surface area (Å²) in [5.41, 5.74) is 5.43. The molecule has 1 atom stereocenters. The first kappa shape index (κ1) is 20.7. The number of aryl methyl sites for hydroxylation is 3. The third-order valence-corrected chi connectivity index (χ3v) is 4.59. The van der Waals surface area contributed by atoms with Crippen molar-refractivity contribution in [1.82, 2.24) is 10.2 Å². The van der Waals surface area contributed by atoms with Gasteiger partial charge in [0.05, 0.1) is 6.42 Å². The summed E-state index contributed by atoms with van der Waals surface area (Å²) in [6.45, 7) is 10.7.